The van der Waals surface area contributed by atoms with E-state index in [1.165, 1.54) is 0 Å². The Labute approximate surface area is 185 Å². The van der Waals surface area contributed by atoms with Gasteiger partial charge in [-0.05, 0) is 61.2 Å². The largest absolute Gasteiger partial charge is 0.489 e. The second kappa shape index (κ2) is 7.93. The van der Waals surface area contributed by atoms with Crippen molar-refractivity contribution in [3.8, 4) is 5.75 Å². The van der Waals surface area contributed by atoms with Crippen LogP contribution in [0.3, 0.4) is 0 Å². The van der Waals surface area contributed by atoms with E-state index in [9.17, 15) is 5.11 Å². The highest BCUT2D eigenvalue weighted by atomic mass is 35.5. The molecule has 2 aromatic carbocycles. The van der Waals surface area contributed by atoms with Crippen molar-refractivity contribution in [1.29, 1.82) is 0 Å². The molecule has 2 bridgehead atoms. The molecule has 5 N–H and O–H groups in total. The molecule has 160 valence electrons. The van der Waals surface area contributed by atoms with Crippen molar-refractivity contribution >= 4 is 23.2 Å². The third kappa shape index (κ3) is 4.17. The third-order valence-electron chi connectivity index (χ3n) is 5.95. The van der Waals surface area contributed by atoms with Crippen LogP contribution in [0.4, 0.5) is 0 Å². The van der Waals surface area contributed by atoms with Gasteiger partial charge in [0.05, 0.1) is 0 Å². The van der Waals surface area contributed by atoms with Gasteiger partial charge >= 0.3 is 0 Å². The lowest BCUT2D eigenvalue weighted by Crippen LogP contribution is -2.85. The summed E-state index contributed by atoms with van der Waals surface area (Å²) in [5, 5.41) is 18.5. The molecule has 1 saturated heterocycles. The number of aliphatic hydroxyl groups excluding tert-OH is 1. The zero-order valence-corrected chi connectivity index (χ0v) is 17.7. The summed E-state index contributed by atoms with van der Waals surface area (Å²) in [6, 6.07) is 14.7. The zero-order chi connectivity index (χ0) is 20.8. The van der Waals surface area contributed by atoms with E-state index in [1.54, 1.807) is 24.3 Å². The molecule has 4 aliphatic rings. The monoisotopic (exact) mass is 450 g/mol. The average Bonchev–Trinajstić information content (AvgIpc) is 3.14. The van der Waals surface area contributed by atoms with Gasteiger partial charge in [-0.2, -0.15) is 0 Å². The van der Waals surface area contributed by atoms with Crippen LogP contribution in [0.1, 0.15) is 31.1 Å². The number of benzene rings is 2. The minimum absolute atomic E-state index is 0.0304. The van der Waals surface area contributed by atoms with E-state index in [2.05, 4.69) is 21.5 Å². The smallest absolute Gasteiger partial charge is 0.178 e. The topological polar surface area (TPSA) is 86.8 Å². The fourth-order valence-electron chi connectivity index (χ4n) is 4.70. The maximum Gasteiger partial charge on any atom is 0.178 e. The summed E-state index contributed by atoms with van der Waals surface area (Å²) in [5.41, 5.74) is 7.32. The summed E-state index contributed by atoms with van der Waals surface area (Å²) >= 11 is 11.8. The van der Waals surface area contributed by atoms with Crippen molar-refractivity contribution < 1.29 is 14.6 Å². The van der Waals surface area contributed by atoms with E-state index in [-0.39, 0.29) is 30.3 Å². The molecule has 7 nitrogen and oxygen atoms in total. The second-order valence-corrected chi connectivity index (χ2v) is 9.27. The number of hydrogen-bond donors (Lipinski definition) is 5. The quantitative estimate of drug-likeness (QED) is 0.395. The minimum atomic E-state index is -0.726. The Morgan fingerprint density at radius 2 is 1.63 bits per heavy atom. The van der Waals surface area contributed by atoms with Crippen LogP contribution < -0.4 is 26.2 Å². The van der Waals surface area contributed by atoms with Gasteiger partial charge in [0, 0.05) is 21.1 Å². The lowest BCUT2D eigenvalue weighted by atomic mass is 9.44. The summed E-state index contributed by atoms with van der Waals surface area (Å²) in [7, 11) is 0. The van der Waals surface area contributed by atoms with Crippen molar-refractivity contribution in [2.24, 2.45) is 0 Å². The molecule has 9 heteroatoms. The van der Waals surface area contributed by atoms with E-state index in [0.717, 1.165) is 24.8 Å². The van der Waals surface area contributed by atoms with Crippen LogP contribution in [0.15, 0.2) is 48.5 Å². The molecule has 6 rings (SSSR count). The summed E-state index contributed by atoms with van der Waals surface area (Å²) < 4.78 is 11.6. The lowest BCUT2D eigenvalue weighted by molar-refractivity contribution is -0.158. The summed E-state index contributed by atoms with van der Waals surface area (Å²) in [6.07, 6.45) is 1.57. The SMILES string of the molecule is OC(COc1ccc(Cl)cc1)NC12CC(NC3NNC(c4ccc(Cl)cc4)O3)(C1)C2. The first-order valence-electron chi connectivity index (χ1n) is 9.97. The van der Waals surface area contributed by atoms with Crippen molar-refractivity contribution in [2.75, 3.05) is 6.61 Å². The predicted octanol–water partition coefficient (Wildman–Crippen LogP) is 2.65. The third-order valence-corrected chi connectivity index (χ3v) is 6.46. The second-order valence-electron chi connectivity index (χ2n) is 8.40. The van der Waals surface area contributed by atoms with Gasteiger partial charge in [-0.25, -0.2) is 10.9 Å². The van der Waals surface area contributed by atoms with Crippen molar-refractivity contribution in [3.63, 3.8) is 0 Å². The fraction of sp³-hybridized carbons (Fsp3) is 0.429. The first-order valence-corrected chi connectivity index (χ1v) is 10.7. The molecule has 2 aromatic rings. The first-order chi connectivity index (χ1) is 14.4. The molecule has 4 fully saturated rings. The van der Waals surface area contributed by atoms with E-state index < -0.39 is 6.23 Å². The molecule has 1 heterocycles. The Balaban J connectivity index is 1.05. The highest BCUT2D eigenvalue weighted by molar-refractivity contribution is 6.30. The molecule has 0 aromatic heterocycles. The normalized spacial score (nSPS) is 32.9. The highest BCUT2D eigenvalue weighted by Gasteiger charge is 2.68. The summed E-state index contributed by atoms with van der Waals surface area (Å²) in [4.78, 5) is 0. The number of halogens is 2. The molecule has 0 spiro atoms. The van der Waals surface area contributed by atoms with Gasteiger partial charge in [-0.3, -0.25) is 10.6 Å². The minimum Gasteiger partial charge on any atom is -0.489 e. The molecule has 3 saturated carbocycles. The van der Waals surface area contributed by atoms with Crippen LogP contribution in [0, 0.1) is 0 Å². The van der Waals surface area contributed by atoms with Gasteiger partial charge in [-0.15, -0.1) is 0 Å². The first kappa shape index (κ1) is 20.5. The molecule has 30 heavy (non-hydrogen) atoms. The summed E-state index contributed by atoms with van der Waals surface area (Å²) in [6.45, 7) is 0.184. The van der Waals surface area contributed by atoms with Crippen molar-refractivity contribution in [1.82, 2.24) is 21.5 Å². The Kier molecular flexibility index (Phi) is 5.41. The van der Waals surface area contributed by atoms with E-state index in [1.807, 2.05) is 24.3 Å². The standard InChI is InChI=1S/C21H24Cl2N4O3/c22-14-3-1-13(2-4-14)18-26-27-19(30-18)25-21-10-20(11-21,12-21)24-17(28)9-29-16-7-5-15(23)6-8-16/h1-8,17-19,24-28H,9-12H2. The van der Waals surface area contributed by atoms with Crippen LogP contribution in [0.2, 0.25) is 10.0 Å². The van der Waals surface area contributed by atoms with Crippen molar-refractivity contribution in [3.05, 3.63) is 64.1 Å². The van der Waals surface area contributed by atoms with Crippen LogP contribution >= 0.6 is 23.2 Å². The lowest BCUT2D eigenvalue weighted by Gasteiger charge is -2.71. The van der Waals surface area contributed by atoms with Crippen LogP contribution in [-0.4, -0.2) is 35.4 Å². The zero-order valence-electron chi connectivity index (χ0n) is 16.2. The Morgan fingerprint density at radius 1 is 1.00 bits per heavy atom. The molecule has 0 amide bonds. The van der Waals surface area contributed by atoms with Gasteiger partial charge in [0.2, 0.25) is 0 Å². The van der Waals surface area contributed by atoms with Crippen LogP contribution in [0.5, 0.6) is 5.75 Å². The highest BCUT2D eigenvalue weighted by Crippen LogP contribution is 2.60. The van der Waals surface area contributed by atoms with E-state index >= 15 is 0 Å². The predicted molar refractivity (Wildman–Crippen MR) is 114 cm³/mol. The van der Waals surface area contributed by atoms with Gasteiger partial charge in [0.15, 0.2) is 6.35 Å². The maximum absolute atomic E-state index is 10.3. The number of aliphatic hydroxyl groups is 1. The molecular weight excluding hydrogens is 427 g/mol. The van der Waals surface area contributed by atoms with E-state index in [4.69, 9.17) is 32.7 Å². The van der Waals surface area contributed by atoms with Gasteiger partial charge in [0.25, 0.3) is 0 Å². The fourth-order valence-corrected chi connectivity index (χ4v) is 4.95. The maximum atomic E-state index is 10.3. The van der Waals surface area contributed by atoms with E-state index in [0.29, 0.717) is 15.8 Å². The number of hydrogen-bond acceptors (Lipinski definition) is 7. The Bertz CT molecular complexity index is 876. The Morgan fingerprint density at radius 3 is 2.30 bits per heavy atom. The van der Waals surface area contributed by atoms with Crippen LogP contribution in [0.25, 0.3) is 0 Å². The van der Waals surface area contributed by atoms with Gasteiger partial charge in [-0.1, -0.05) is 35.3 Å². The average molecular weight is 451 g/mol. The molecular formula is C21H24Cl2N4O3. The molecule has 0 radical (unpaired) electrons. The van der Waals surface area contributed by atoms with Crippen LogP contribution in [-0.2, 0) is 4.74 Å². The number of nitrogens with one attached hydrogen (secondary N) is 4. The number of rotatable bonds is 8. The van der Waals surface area contributed by atoms with Gasteiger partial charge in [0.1, 0.15) is 24.8 Å². The van der Waals surface area contributed by atoms with Gasteiger partial charge < -0.3 is 14.6 Å². The Hall–Kier alpha value is -1.42. The van der Waals surface area contributed by atoms with Crippen molar-refractivity contribution in [2.45, 2.75) is 49.1 Å². The number of ether oxygens (including phenoxy) is 2. The number of hydrazine groups is 1. The summed E-state index contributed by atoms with van der Waals surface area (Å²) in [5.74, 6) is 0.684. The molecule has 3 atom stereocenters. The molecule has 1 aliphatic heterocycles. The molecule has 3 unspecified atom stereocenters. The molecule has 3 aliphatic carbocycles.